The molecule has 0 unspecified atom stereocenters. The highest BCUT2D eigenvalue weighted by Crippen LogP contribution is 2.34. The molecule has 0 aromatic heterocycles. The molecule has 2 aromatic carbocycles. The second kappa shape index (κ2) is 11.9. The lowest BCUT2D eigenvalue weighted by Gasteiger charge is -2.37. The quantitative estimate of drug-likeness (QED) is 0.594. The SMILES string of the molecule is C[C@H]1CN([C@@H](C)CO)S(=O)(=O)c2ccc(C#Cc3ccccc3)cc2O[C@H]1CN(C)C(=O)CN(C)C. The zero-order chi connectivity index (χ0) is 26.5. The van der Waals surface area contributed by atoms with Gasteiger partial charge in [-0.15, -0.1) is 0 Å². The van der Waals surface area contributed by atoms with Crippen molar-refractivity contribution in [3.05, 3.63) is 59.7 Å². The van der Waals surface area contributed by atoms with Gasteiger partial charge in [0.25, 0.3) is 0 Å². The molecule has 0 radical (unpaired) electrons. The summed E-state index contributed by atoms with van der Waals surface area (Å²) in [5.74, 6) is 6.03. The van der Waals surface area contributed by atoms with Gasteiger partial charge >= 0.3 is 0 Å². The maximum Gasteiger partial charge on any atom is 0.247 e. The molecule has 0 saturated carbocycles. The third kappa shape index (κ3) is 6.65. The van der Waals surface area contributed by atoms with Crippen LogP contribution in [0.1, 0.15) is 25.0 Å². The first-order chi connectivity index (χ1) is 17.0. The first-order valence-electron chi connectivity index (χ1n) is 11.9. The first-order valence-corrected chi connectivity index (χ1v) is 13.4. The van der Waals surface area contributed by atoms with Crippen LogP contribution in [0.4, 0.5) is 0 Å². The average Bonchev–Trinajstić information content (AvgIpc) is 2.84. The third-order valence-corrected chi connectivity index (χ3v) is 8.14. The number of aliphatic hydroxyl groups is 1. The minimum atomic E-state index is -3.94. The van der Waals surface area contributed by atoms with Gasteiger partial charge in [0.05, 0.1) is 19.7 Å². The number of ether oxygens (including phenoxy) is 1. The van der Waals surface area contributed by atoms with Gasteiger partial charge in [-0.05, 0) is 51.4 Å². The van der Waals surface area contributed by atoms with Crippen molar-refractivity contribution in [3.63, 3.8) is 0 Å². The topological polar surface area (TPSA) is 90.4 Å². The molecule has 1 aliphatic heterocycles. The molecular formula is C27H35N3O5S. The molecule has 8 nitrogen and oxygen atoms in total. The smallest absolute Gasteiger partial charge is 0.247 e. The highest BCUT2D eigenvalue weighted by atomic mass is 32.2. The van der Waals surface area contributed by atoms with E-state index in [1.54, 1.807) is 35.9 Å². The maximum atomic E-state index is 13.6. The number of fused-ring (bicyclic) bond motifs is 1. The minimum Gasteiger partial charge on any atom is -0.487 e. The molecule has 0 saturated heterocycles. The van der Waals surface area contributed by atoms with E-state index in [-0.39, 0.29) is 48.7 Å². The summed E-state index contributed by atoms with van der Waals surface area (Å²) >= 11 is 0. The predicted molar refractivity (Wildman–Crippen MR) is 139 cm³/mol. The third-order valence-electron chi connectivity index (χ3n) is 6.12. The van der Waals surface area contributed by atoms with Gasteiger partial charge in [-0.25, -0.2) is 8.42 Å². The highest BCUT2D eigenvalue weighted by molar-refractivity contribution is 7.89. The second-order valence-electron chi connectivity index (χ2n) is 9.53. The van der Waals surface area contributed by atoms with Gasteiger partial charge in [0, 0.05) is 36.7 Å². The molecule has 1 heterocycles. The summed E-state index contributed by atoms with van der Waals surface area (Å²) < 4.78 is 34.8. The molecule has 0 bridgehead atoms. The number of carbonyl (C=O) groups is 1. The number of hydrogen-bond donors (Lipinski definition) is 1. The van der Waals surface area contributed by atoms with Crippen molar-refractivity contribution in [2.75, 3.05) is 47.4 Å². The fraction of sp³-hybridized carbons (Fsp3) is 0.444. The molecule has 1 amide bonds. The van der Waals surface area contributed by atoms with E-state index in [1.165, 1.54) is 10.4 Å². The van der Waals surface area contributed by atoms with Crippen LogP contribution in [-0.2, 0) is 14.8 Å². The largest absolute Gasteiger partial charge is 0.487 e. The molecule has 9 heteroatoms. The van der Waals surface area contributed by atoms with Gasteiger partial charge in [-0.3, -0.25) is 4.79 Å². The number of rotatable bonds is 6. The lowest BCUT2D eigenvalue weighted by atomic mass is 10.0. The van der Waals surface area contributed by atoms with Crippen molar-refractivity contribution in [1.82, 2.24) is 14.1 Å². The van der Waals surface area contributed by atoms with Crippen LogP contribution in [-0.4, -0.2) is 93.1 Å². The maximum absolute atomic E-state index is 13.6. The van der Waals surface area contributed by atoms with Crippen LogP contribution in [0.5, 0.6) is 5.75 Å². The lowest BCUT2D eigenvalue weighted by Crippen LogP contribution is -2.50. The van der Waals surface area contributed by atoms with Crippen molar-refractivity contribution in [1.29, 1.82) is 0 Å². The fourth-order valence-electron chi connectivity index (χ4n) is 3.95. The van der Waals surface area contributed by atoms with Gasteiger partial charge in [0.1, 0.15) is 16.7 Å². The summed E-state index contributed by atoms with van der Waals surface area (Å²) in [5.41, 5.74) is 1.45. The van der Waals surface area contributed by atoms with Crippen LogP contribution < -0.4 is 4.74 Å². The Labute approximate surface area is 214 Å². The Morgan fingerprint density at radius 1 is 1.14 bits per heavy atom. The normalized spacial score (nSPS) is 20.2. The zero-order valence-corrected chi connectivity index (χ0v) is 22.3. The molecule has 0 spiro atoms. The standard InChI is InChI=1S/C27H35N3O5S/c1-20-16-30(21(2)19-31)36(33,34)26-14-13-23(12-11-22-9-7-6-8-10-22)15-24(26)35-25(20)17-29(5)27(32)18-28(3)4/h6-10,13-15,20-21,25,31H,16-19H2,1-5H3/t20-,21-,25-/m0/s1. The Balaban J connectivity index is 2.03. The molecule has 1 aliphatic rings. The Bertz CT molecular complexity index is 1220. The van der Waals surface area contributed by atoms with Crippen molar-refractivity contribution in [2.24, 2.45) is 5.92 Å². The van der Waals surface area contributed by atoms with Gasteiger partial charge in [0.2, 0.25) is 15.9 Å². The summed E-state index contributed by atoms with van der Waals surface area (Å²) in [4.78, 5) is 16.0. The van der Waals surface area contributed by atoms with Gasteiger partial charge in [-0.1, -0.05) is 37.0 Å². The monoisotopic (exact) mass is 513 g/mol. The zero-order valence-electron chi connectivity index (χ0n) is 21.5. The van der Waals surface area contributed by atoms with Crippen molar-refractivity contribution >= 4 is 15.9 Å². The van der Waals surface area contributed by atoms with E-state index in [9.17, 15) is 18.3 Å². The number of amides is 1. The van der Waals surface area contributed by atoms with Crippen molar-refractivity contribution in [2.45, 2.75) is 30.9 Å². The number of hydrogen-bond acceptors (Lipinski definition) is 6. The van der Waals surface area contributed by atoms with Crippen LogP contribution in [0.15, 0.2) is 53.4 Å². The van der Waals surface area contributed by atoms with Crippen LogP contribution in [0.25, 0.3) is 0 Å². The van der Waals surface area contributed by atoms with Crippen LogP contribution in [0.2, 0.25) is 0 Å². The van der Waals surface area contributed by atoms with Gasteiger partial charge < -0.3 is 19.6 Å². The summed E-state index contributed by atoms with van der Waals surface area (Å²) in [5, 5.41) is 9.79. The van der Waals surface area contributed by atoms with Crippen LogP contribution >= 0.6 is 0 Å². The van der Waals surface area contributed by atoms with E-state index in [1.807, 2.05) is 51.4 Å². The predicted octanol–water partition coefficient (Wildman–Crippen LogP) is 1.88. The van der Waals surface area contributed by atoms with Crippen molar-refractivity contribution < 1.29 is 23.1 Å². The Morgan fingerprint density at radius 3 is 2.44 bits per heavy atom. The number of benzene rings is 2. The molecule has 2 aromatic rings. The molecule has 3 atom stereocenters. The van der Waals surface area contributed by atoms with E-state index in [2.05, 4.69) is 11.8 Å². The molecule has 1 N–H and O–H groups in total. The lowest BCUT2D eigenvalue weighted by molar-refractivity contribution is -0.132. The number of carbonyl (C=O) groups excluding carboxylic acids is 1. The molecular weight excluding hydrogens is 478 g/mol. The molecule has 0 fully saturated rings. The minimum absolute atomic E-state index is 0.0206. The summed E-state index contributed by atoms with van der Waals surface area (Å²) in [6.07, 6.45) is -0.471. The van der Waals surface area contributed by atoms with E-state index in [4.69, 9.17) is 4.74 Å². The summed E-state index contributed by atoms with van der Waals surface area (Å²) in [7, 11) is 1.43. The number of likely N-dealkylation sites (N-methyl/N-ethyl adjacent to an activating group) is 2. The van der Waals surface area contributed by atoms with Gasteiger partial charge in [0.15, 0.2) is 0 Å². The average molecular weight is 514 g/mol. The Kier molecular flexibility index (Phi) is 9.14. The summed E-state index contributed by atoms with van der Waals surface area (Å²) in [6.45, 7) is 3.96. The van der Waals surface area contributed by atoms with Crippen LogP contribution in [0.3, 0.4) is 0 Å². The number of nitrogens with zero attached hydrogens (tertiary/aromatic N) is 3. The second-order valence-corrected chi connectivity index (χ2v) is 11.4. The van der Waals surface area contributed by atoms with Gasteiger partial charge in [-0.2, -0.15) is 4.31 Å². The number of sulfonamides is 1. The number of aliphatic hydroxyl groups excluding tert-OH is 1. The summed E-state index contributed by atoms with van der Waals surface area (Å²) in [6, 6.07) is 13.7. The fourth-order valence-corrected chi connectivity index (χ4v) is 5.78. The van der Waals surface area contributed by atoms with E-state index >= 15 is 0 Å². The Morgan fingerprint density at radius 2 is 1.81 bits per heavy atom. The first kappa shape index (κ1) is 27.7. The van der Waals surface area contributed by atoms with E-state index in [0.29, 0.717) is 5.56 Å². The Hall–Kier alpha value is -2.90. The van der Waals surface area contributed by atoms with E-state index in [0.717, 1.165) is 5.56 Å². The molecule has 3 rings (SSSR count). The van der Waals surface area contributed by atoms with Crippen molar-refractivity contribution in [3.8, 4) is 17.6 Å². The van der Waals surface area contributed by atoms with Crippen LogP contribution in [0, 0.1) is 17.8 Å². The molecule has 194 valence electrons. The van der Waals surface area contributed by atoms with E-state index < -0.39 is 22.2 Å². The highest BCUT2D eigenvalue weighted by Gasteiger charge is 2.38. The molecule has 0 aliphatic carbocycles. The molecule has 36 heavy (non-hydrogen) atoms.